The number of carbonyl (C=O) groups is 1. The molecule has 1 amide bonds. The molecule has 4 aromatic rings. The molecule has 2 aromatic carbocycles. The molecule has 0 aliphatic carbocycles. The topological polar surface area (TPSA) is 120 Å². The number of nitriles is 1. The number of ether oxygens (including phenoxy) is 1. The lowest BCUT2D eigenvalue weighted by Crippen LogP contribution is -2.39. The average molecular weight is 602 g/mol. The first kappa shape index (κ1) is 28.6. The van der Waals surface area contributed by atoms with Crippen LogP contribution >= 0.6 is 11.6 Å². The molecule has 1 N–H and O–H groups in total. The van der Waals surface area contributed by atoms with Crippen molar-refractivity contribution in [2.45, 2.75) is 44.9 Å². The van der Waals surface area contributed by atoms with Crippen molar-refractivity contribution in [3.63, 3.8) is 0 Å². The van der Waals surface area contributed by atoms with E-state index in [1.165, 1.54) is 24.1 Å². The van der Waals surface area contributed by atoms with Crippen LogP contribution in [-0.2, 0) is 0 Å². The Hall–Kier alpha value is -4.53. The summed E-state index contributed by atoms with van der Waals surface area (Å²) in [6.07, 6.45) is 2.71. The van der Waals surface area contributed by atoms with E-state index in [1.807, 2.05) is 23.3 Å². The molecule has 0 radical (unpaired) electrons. The number of halogens is 2. The van der Waals surface area contributed by atoms with Gasteiger partial charge in [-0.3, -0.25) is 9.69 Å². The number of fused-ring (bicyclic) bond motifs is 1. The molecule has 220 valence electrons. The SMILES string of the molecule is COc1nc(N2CCCC(O)C2)ncc1-c1nc2c(n1C(C)C)C(c1ccc(C#N)cc1)N(c1cccc(Cl)c1F)C2=O. The zero-order valence-corrected chi connectivity index (χ0v) is 24.6. The van der Waals surface area contributed by atoms with Crippen LogP contribution in [0.2, 0.25) is 5.02 Å². The van der Waals surface area contributed by atoms with Gasteiger partial charge in [-0.15, -0.1) is 0 Å². The van der Waals surface area contributed by atoms with Crippen LogP contribution in [0.3, 0.4) is 0 Å². The number of benzene rings is 2. The second kappa shape index (κ2) is 11.3. The Morgan fingerprint density at radius 3 is 2.63 bits per heavy atom. The number of aliphatic hydroxyl groups is 1. The molecule has 4 heterocycles. The van der Waals surface area contributed by atoms with Gasteiger partial charge in [0, 0.05) is 25.3 Å². The zero-order valence-electron chi connectivity index (χ0n) is 23.8. The molecule has 0 spiro atoms. The van der Waals surface area contributed by atoms with Crippen LogP contribution in [0.25, 0.3) is 11.4 Å². The van der Waals surface area contributed by atoms with E-state index in [4.69, 9.17) is 21.3 Å². The number of rotatable bonds is 6. The lowest BCUT2D eigenvalue weighted by molar-refractivity contribution is 0.0988. The van der Waals surface area contributed by atoms with Crippen LogP contribution in [0.15, 0.2) is 48.7 Å². The number of aliphatic hydroxyl groups excluding tert-OH is 1. The fourth-order valence-electron chi connectivity index (χ4n) is 5.86. The van der Waals surface area contributed by atoms with Crippen molar-refractivity contribution in [1.82, 2.24) is 19.5 Å². The van der Waals surface area contributed by atoms with Crippen molar-refractivity contribution in [1.29, 1.82) is 5.26 Å². The van der Waals surface area contributed by atoms with E-state index in [9.17, 15) is 15.2 Å². The molecule has 43 heavy (non-hydrogen) atoms. The third-order valence-electron chi connectivity index (χ3n) is 7.80. The molecular formula is C31H29ClFN7O3. The van der Waals surface area contributed by atoms with Gasteiger partial charge in [0.2, 0.25) is 11.8 Å². The van der Waals surface area contributed by atoms with Gasteiger partial charge in [-0.05, 0) is 56.5 Å². The van der Waals surface area contributed by atoms with E-state index in [1.54, 1.807) is 36.5 Å². The van der Waals surface area contributed by atoms with Crippen molar-refractivity contribution in [3.05, 3.63) is 82.0 Å². The largest absolute Gasteiger partial charge is 0.480 e. The van der Waals surface area contributed by atoms with Crippen LogP contribution in [0.1, 0.15) is 66.1 Å². The number of aromatic nitrogens is 4. The van der Waals surface area contributed by atoms with Crippen molar-refractivity contribution in [2.24, 2.45) is 0 Å². The quantitative estimate of drug-likeness (QED) is 0.316. The monoisotopic (exact) mass is 601 g/mol. The standard InChI is InChI=1S/C31H29ClFN7O3/c1-17(2)39-27-25(36-28(39)21-15-35-31(37-29(21)43-3)38-13-5-6-20(41)16-38)30(42)40(23-8-4-7-22(32)24(23)33)26(27)19-11-9-18(14-34)10-12-19/h4,7-12,15,17,20,26,41H,5-6,13,16H2,1-3H3. The minimum atomic E-state index is -0.770. The van der Waals surface area contributed by atoms with Gasteiger partial charge in [0.1, 0.15) is 11.9 Å². The molecule has 2 aliphatic rings. The Balaban J connectivity index is 1.53. The Labute approximate surface area is 252 Å². The number of hydrogen-bond acceptors (Lipinski definition) is 8. The van der Waals surface area contributed by atoms with Gasteiger partial charge in [-0.25, -0.2) is 14.4 Å². The lowest BCUT2D eigenvalue weighted by atomic mass is 10.0. The first-order valence-electron chi connectivity index (χ1n) is 14.0. The van der Waals surface area contributed by atoms with E-state index in [0.29, 0.717) is 47.2 Å². The maximum atomic E-state index is 15.4. The number of methoxy groups -OCH3 is 1. The summed E-state index contributed by atoms with van der Waals surface area (Å²) in [4.78, 5) is 31.4. The molecule has 10 nitrogen and oxygen atoms in total. The minimum Gasteiger partial charge on any atom is -0.480 e. The Morgan fingerprint density at radius 1 is 1.19 bits per heavy atom. The Kier molecular flexibility index (Phi) is 7.50. The molecule has 0 bridgehead atoms. The maximum absolute atomic E-state index is 15.4. The van der Waals surface area contributed by atoms with E-state index in [2.05, 4.69) is 16.0 Å². The van der Waals surface area contributed by atoms with E-state index >= 15 is 4.39 Å². The number of piperidine rings is 1. The molecule has 1 fully saturated rings. The second-order valence-electron chi connectivity index (χ2n) is 10.9. The van der Waals surface area contributed by atoms with Crippen molar-refractivity contribution in [3.8, 4) is 23.3 Å². The number of amides is 1. The lowest BCUT2D eigenvalue weighted by Gasteiger charge is -2.30. The first-order chi connectivity index (χ1) is 20.7. The number of nitrogens with zero attached hydrogens (tertiary/aromatic N) is 7. The van der Waals surface area contributed by atoms with E-state index in [-0.39, 0.29) is 28.3 Å². The number of β-amino-alcohol motifs (C(OH)–C–C–N with tert-alkyl or cyclic N) is 1. The highest BCUT2D eigenvalue weighted by molar-refractivity contribution is 6.31. The molecular weight excluding hydrogens is 573 g/mol. The summed E-state index contributed by atoms with van der Waals surface area (Å²) in [6.45, 7) is 5.07. The number of anilines is 2. The Bertz CT molecular complexity index is 1750. The second-order valence-corrected chi connectivity index (χ2v) is 11.3. The smallest absolute Gasteiger partial charge is 0.279 e. The molecule has 2 aliphatic heterocycles. The van der Waals surface area contributed by atoms with Gasteiger partial charge in [-0.2, -0.15) is 10.2 Å². The van der Waals surface area contributed by atoms with Gasteiger partial charge in [0.15, 0.2) is 11.5 Å². The van der Waals surface area contributed by atoms with Crippen LogP contribution < -0.4 is 14.5 Å². The number of carbonyl (C=O) groups excluding carboxylic acids is 1. The molecule has 2 unspecified atom stereocenters. The number of hydrogen-bond donors (Lipinski definition) is 1. The molecule has 12 heteroatoms. The summed E-state index contributed by atoms with van der Waals surface area (Å²) < 4.78 is 23.0. The van der Waals surface area contributed by atoms with E-state index < -0.39 is 23.9 Å². The highest BCUT2D eigenvalue weighted by Gasteiger charge is 2.46. The molecule has 6 rings (SSSR count). The summed E-state index contributed by atoms with van der Waals surface area (Å²) in [5, 5.41) is 19.4. The average Bonchev–Trinajstić information content (AvgIpc) is 3.53. The van der Waals surface area contributed by atoms with Crippen LogP contribution in [0.4, 0.5) is 16.0 Å². The predicted octanol–water partition coefficient (Wildman–Crippen LogP) is 5.30. The highest BCUT2D eigenvalue weighted by Crippen LogP contribution is 2.46. The van der Waals surface area contributed by atoms with Gasteiger partial charge < -0.3 is 19.3 Å². The third-order valence-corrected chi connectivity index (χ3v) is 8.10. The van der Waals surface area contributed by atoms with Gasteiger partial charge >= 0.3 is 0 Å². The molecule has 2 atom stereocenters. The Morgan fingerprint density at radius 2 is 1.95 bits per heavy atom. The fraction of sp³-hybridized carbons (Fsp3) is 0.323. The first-order valence-corrected chi connectivity index (χ1v) is 14.3. The zero-order chi connectivity index (χ0) is 30.4. The van der Waals surface area contributed by atoms with Crippen LogP contribution in [0.5, 0.6) is 5.88 Å². The highest BCUT2D eigenvalue weighted by atomic mass is 35.5. The molecule has 2 aromatic heterocycles. The minimum absolute atomic E-state index is 0.0238. The van der Waals surface area contributed by atoms with Crippen LogP contribution in [-0.4, -0.2) is 56.8 Å². The summed E-state index contributed by atoms with van der Waals surface area (Å²) in [5.41, 5.74) is 2.35. The third kappa shape index (κ3) is 4.86. The van der Waals surface area contributed by atoms with Crippen molar-refractivity contribution < 1.29 is 19.0 Å². The summed E-state index contributed by atoms with van der Waals surface area (Å²) in [7, 11) is 1.51. The van der Waals surface area contributed by atoms with Crippen LogP contribution in [0, 0.1) is 17.1 Å². The van der Waals surface area contributed by atoms with Gasteiger partial charge in [0.25, 0.3) is 5.91 Å². The summed E-state index contributed by atoms with van der Waals surface area (Å²) in [5.74, 6) is -0.0733. The van der Waals surface area contributed by atoms with Gasteiger partial charge in [-0.1, -0.05) is 29.8 Å². The summed E-state index contributed by atoms with van der Waals surface area (Å²) >= 11 is 6.14. The van der Waals surface area contributed by atoms with Gasteiger partial charge in [0.05, 0.1) is 46.8 Å². The van der Waals surface area contributed by atoms with Crippen molar-refractivity contribution >= 4 is 29.1 Å². The fourth-order valence-corrected chi connectivity index (χ4v) is 6.03. The maximum Gasteiger partial charge on any atom is 0.279 e. The van der Waals surface area contributed by atoms with E-state index in [0.717, 1.165) is 12.8 Å². The molecule has 1 saturated heterocycles. The number of imidazole rings is 1. The normalized spacial score (nSPS) is 18.2. The predicted molar refractivity (Wildman–Crippen MR) is 159 cm³/mol. The van der Waals surface area contributed by atoms with Crippen molar-refractivity contribution in [2.75, 3.05) is 30.0 Å². The molecule has 0 saturated carbocycles. The summed E-state index contributed by atoms with van der Waals surface area (Å²) in [6, 6.07) is 12.5.